The summed E-state index contributed by atoms with van der Waals surface area (Å²) < 4.78 is 5.53. The van der Waals surface area contributed by atoms with Gasteiger partial charge in [-0.3, -0.25) is 9.59 Å². The van der Waals surface area contributed by atoms with E-state index >= 15 is 0 Å². The maximum atomic E-state index is 12.7. The van der Waals surface area contributed by atoms with Crippen LogP contribution in [0.1, 0.15) is 49.1 Å². The number of rotatable bonds is 10. The lowest BCUT2D eigenvalue weighted by Crippen LogP contribution is -2.48. The lowest BCUT2D eigenvalue weighted by molar-refractivity contribution is -0.143. The Balaban J connectivity index is 1.37. The summed E-state index contributed by atoms with van der Waals surface area (Å²) in [4.78, 5) is 36.7. The van der Waals surface area contributed by atoms with Gasteiger partial charge in [-0.15, -0.1) is 0 Å². The van der Waals surface area contributed by atoms with E-state index in [0.29, 0.717) is 19.3 Å². The first kappa shape index (κ1) is 23.3. The van der Waals surface area contributed by atoms with Gasteiger partial charge in [0.15, 0.2) is 0 Å². The molecule has 2 aliphatic rings. The molecule has 1 unspecified atom stereocenters. The first-order valence-electron chi connectivity index (χ1n) is 11.4. The molecule has 2 aromatic carbocycles. The van der Waals surface area contributed by atoms with E-state index in [1.54, 1.807) is 0 Å². The van der Waals surface area contributed by atoms with Crippen molar-refractivity contribution >= 4 is 18.0 Å². The van der Waals surface area contributed by atoms with Gasteiger partial charge in [0.05, 0.1) is 11.5 Å². The first-order valence-corrected chi connectivity index (χ1v) is 11.4. The number of nitrogens with zero attached hydrogens (tertiary/aromatic N) is 1. The van der Waals surface area contributed by atoms with E-state index in [1.807, 2.05) is 54.6 Å². The molecule has 0 bridgehead atoms. The fourth-order valence-corrected chi connectivity index (χ4v) is 4.43. The maximum absolute atomic E-state index is 12.7. The predicted molar refractivity (Wildman–Crippen MR) is 124 cm³/mol. The summed E-state index contributed by atoms with van der Waals surface area (Å²) in [7, 11) is 0. The number of hydrogen-bond acceptors (Lipinski definition) is 5. The molecular formula is C26H27N3O5. The van der Waals surface area contributed by atoms with Gasteiger partial charge >= 0.3 is 12.1 Å². The molecule has 0 aliphatic heterocycles. The van der Waals surface area contributed by atoms with Crippen molar-refractivity contribution in [3.05, 3.63) is 59.7 Å². The average Bonchev–Trinajstić information content (AvgIpc) is 3.58. The standard InChI is InChI=1S/C26H27N3O5/c27-14-6-5-11-22(23(30)28-16-26(12-13-26)24(31)32)29-25(33)34-15-21-19-9-3-1-7-17(19)18-8-2-4-10-20(18)21/h1-4,7-10,21-22H,5-6,11-13,15-16H2,(H,28,30)(H,29,33)(H,31,32). The van der Waals surface area contributed by atoms with Gasteiger partial charge in [0.1, 0.15) is 12.6 Å². The second kappa shape index (κ2) is 9.96. The Labute approximate surface area is 197 Å². The molecule has 0 radical (unpaired) electrons. The minimum atomic E-state index is -0.932. The van der Waals surface area contributed by atoms with Gasteiger partial charge in [-0.1, -0.05) is 48.5 Å². The minimum absolute atomic E-state index is 0.0162. The van der Waals surface area contributed by atoms with Crippen LogP contribution >= 0.6 is 0 Å². The Bertz CT molecular complexity index is 1090. The SMILES string of the molecule is N#CCCCC(NC(=O)OCC1c2ccccc2-c2ccccc21)C(=O)NCC1(C(=O)O)CC1. The molecule has 8 nitrogen and oxygen atoms in total. The second-order valence-electron chi connectivity index (χ2n) is 8.88. The van der Waals surface area contributed by atoms with Crippen LogP contribution in [0.3, 0.4) is 0 Å². The number of amides is 2. The number of nitriles is 1. The topological polar surface area (TPSA) is 129 Å². The molecule has 34 heavy (non-hydrogen) atoms. The number of nitrogens with one attached hydrogen (secondary N) is 2. The van der Waals surface area contributed by atoms with Crippen molar-refractivity contribution in [3.8, 4) is 17.2 Å². The van der Waals surface area contributed by atoms with E-state index in [-0.39, 0.29) is 31.9 Å². The lowest BCUT2D eigenvalue weighted by atomic mass is 9.98. The molecule has 176 valence electrons. The van der Waals surface area contributed by atoms with Gasteiger partial charge in [0.25, 0.3) is 0 Å². The predicted octanol–water partition coefficient (Wildman–Crippen LogP) is 3.57. The lowest BCUT2D eigenvalue weighted by Gasteiger charge is -2.20. The Kier molecular flexibility index (Phi) is 6.82. The molecule has 0 saturated heterocycles. The van der Waals surface area contributed by atoms with E-state index in [4.69, 9.17) is 10.00 Å². The van der Waals surface area contributed by atoms with Crippen molar-refractivity contribution in [2.75, 3.05) is 13.2 Å². The van der Waals surface area contributed by atoms with Crippen molar-refractivity contribution in [1.82, 2.24) is 10.6 Å². The molecule has 0 spiro atoms. The minimum Gasteiger partial charge on any atom is -0.481 e. The maximum Gasteiger partial charge on any atom is 0.407 e. The van der Waals surface area contributed by atoms with Gasteiger partial charge < -0.3 is 20.5 Å². The highest BCUT2D eigenvalue weighted by Gasteiger charge is 2.50. The van der Waals surface area contributed by atoms with Gasteiger partial charge in [0.2, 0.25) is 5.91 Å². The molecule has 8 heteroatoms. The molecule has 3 N–H and O–H groups in total. The molecule has 2 aromatic rings. The normalized spacial score (nSPS) is 15.9. The third kappa shape index (κ3) is 4.88. The van der Waals surface area contributed by atoms with Crippen LogP contribution in [0.4, 0.5) is 4.79 Å². The van der Waals surface area contributed by atoms with Crippen LogP contribution in [0.25, 0.3) is 11.1 Å². The number of carbonyl (C=O) groups excluding carboxylic acids is 2. The summed E-state index contributed by atoms with van der Waals surface area (Å²) in [6.07, 6.45) is 1.22. The summed E-state index contributed by atoms with van der Waals surface area (Å²) in [5, 5.41) is 23.4. The van der Waals surface area contributed by atoms with Crippen molar-refractivity contribution in [2.45, 2.75) is 44.1 Å². The first-order chi connectivity index (χ1) is 16.4. The molecule has 2 amide bonds. The Hall–Kier alpha value is -3.86. The third-order valence-electron chi connectivity index (χ3n) is 6.64. The van der Waals surface area contributed by atoms with E-state index in [1.165, 1.54) is 0 Å². The Morgan fingerprint density at radius 1 is 1.09 bits per heavy atom. The van der Waals surface area contributed by atoms with Crippen molar-refractivity contribution < 1.29 is 24.2 Å². The number of hydrogen-bond donors (Lipinski definition) is 3. The molecule has 0 aromatic heterocycles. The fourth-order valence-electron chi connectivity index (χ4n) is 4.43. The number of carboxylic acid groups (broad SMARTS) is 1. The smallest absolute Gasteiger partial charge is 0.407 e. The zero-order valence-corrected chi connectivity index (χ0v) is 18.8. The largest absolute Gasteiger partial charge is 0.481 e. The molecule has 1 fully saturated rings. The van der Waals surface area contributed by atoms with E-state index in [2.05, 4.69) is 10.6 Å². The summed E-state index contributed by atoms with van der Waals surface area (Å²) >= 11 is 0. The quantitative estimate of drug-likeness (QED) is 0.464. The number of carbonyl (C=O) groups is 3. The summed E-state index contributed by atoms with van der Waals surface area (Å²) in [6.45, 7) is 0.136. The zero-order chi connectivity index (χ0) is 24.1. The van der Waals surface area contributed by atoms with Crippen molar-refractivity contribution in [1.29, 1.82) is 5.26 Å². The number of ether oxygens (including phenoxy) is 1. The second-order valence-corrected chi connectivity index (χ2v) is 8.88. The Morgan fingerprint density at radius 2 is 1.71 bits per heavy atom. The molecule has 1 atom stereocenters. The van der Waals surface area contributed by atoms with Crippen molar-refractivity contribution in [3.63, 3.8) is 0 Å². The Morgan fingerprint density at radius 3 is 2.26 bits per heavy atom. The van der Waals surface area contributed by atoms with Gasteiger partial charge in [-0.25, -0.2) is 4.79 Å². The molecule has 0 heterocycles. The van der Waals surface area contributed by atoms with Crippen LogP contribution in [0.15, 0.2) is 48.5 Å². The van der Waals surface area contributed by atoms with E-state index < -0.39 is 29.4 Å². The third-order valence-corrected chi connectivity index (χ3v) is 6.64. The monoisotopic (exact) mass is 461 g/mol. The zero-order valence-electron chi connectivity index (χ0n) is 18.8. The molecular weight excluding hydrogens is 434 g/mol. The average molecular weight is 462 g/mol. The summed E-state index contributed by atoms with van der Waals surface area (Å²) in [5.41, 5.74) is 3.50. The number of benzene rings is 2. The summed E-state index contributed by atoms with van der Waals surface area (Å²) in [6, 6.07) is 17.1. The van der Waals surface area contributed by atoms with Crippen LogP contribution < -0.4 is 10.6 Å². The van der Waals surface area contributed by atoms with Crippen LogP contribution in [0.2, 0.25) is 0 Å². The van der Waals surface area contributed by atoms with Gasteiger partial charge in [-0.05, 0) is 47.9 Å². The number of aliphatic carboxylic acids is 1. The van der Waals surface area contributed by atoms with Crippen LogP contribution in [0.5, 0.6) is 0 Å². The fraction of sp³-hybridized carbons (Fsp3) is 0.385. The highest BCUT2D eigenvalue weighted by Crippen LogP contribution is 2.45. The van der Waals surface area contributed by atoms with Crippen LogP contribution in [-0.4, -0.2) is 42.3 Å². The number of alkyl carbamates (subject to hydrolysis) is 1. The van der Waals surface area contributed by atoms with Gasteiger partial charge in [-0.2, -0.15) is 5.26 Å². The van der Waals surface area contributed by atoms with Crippen LogP contribution in [-0.2, 0) is 14.3 Å². The number of fused-ring (bicyclic) bond motifs is 3. The number of carboxylic acids is 1. The van der Waals surface area contributed by atoms with E-state index in [9.17, 15) is 19.5 Å². The van der Waals surface area contributed by atoms with Crippen molar-refractivity contribution in [2.24, 2.45) is 5.41 Å². The highest BCUT2D eigenvalue weighted by atomic mass is 16.5. The molecule has 1 saturated carbocycles. The highest BCUT2D eigenvalue weighted by molar-refractivity contribution is 5.87. The van der Waals surface area contributed by atoms with Gasteiger partial charge in [0, 0.05) is 18.9 Å². The summed E-state index contributed by atoms with van der Waals surface area (Å²) in [5.74, 6) is -1.51. The molecule has 4 rings (SSSR count). The van der Waals surface area contributed by atoms with Crippen LogP contribution in [0, 0.1) is 16.7 Å². The number of unbranched alkanes of at least 4 members (excludes halogenated alkanes) is 1. The molecule has 2 aliphatic carbocycles. The van der Waals surface area contributed by atoms with E-state index in [0.717, 1.165) is 22.3 Å².